The molecule has 4 heavy (non-hydrogen) atoms. The van der Waals surface area contributed by atoms with Gasteiger partial charge in [0.05, 0.1) is 0 Å². The summed E-state index contributed by atoms with van der Waals surface area (Å²) in [6.07, 6.45) is 0. The van der Waals surface area contributed by atoms with E-state index < -0.39 is 0 Å². The smallest absolute Gasteiger partial charge is 1.00 e. The first-order valence-corrected chi connectivity index (χ1v) is 0. The Labute approximate surface area is 95.1 Å². The summed E-state index contributed by atoms with van der Waals surface area (Å²) in [5.41, 5.74) is 0. The maximum atomic E-state index is 0. The predicted molar refractivity (Wildman–Crippen MR) is 7.98 cm³/mol. The molecule has 0 heterocycles. The van der Waals surface area contributed by atoms with Crippen LogP contribution in [0.2, 0.25) is 0 Å². The summed E-state index contributed by atoms with van der Waals surface area (Å²) in [6, 6.07) is 0. The molecule has 0 rings (SSSR count). The number of rotatable bonds is 0. The molecule has 0 atom stereocenters. The van der Waals surface area contributed by atoms with Gasteiger partial charge in [-0.25, -0.2) is 0 Å². The van der Waals surface area contributed by atoms with Crippen LogP contribution in [0, 0.1) is 0 Å². The molecule has 0 aliphatic rings. The molecular weight excluding hydrogens is 389 g/mol. The van der Waals surface area contributed by atoms with Gasteiger partial charge in [-0.15, -0.1) is 0 Å². The molecule has 0 fully saturated rings. The second-order valence-corrected chi connectivity index (χ2v) is 0. The van der Waals surface area contributed by atoms with Crippen LogP contribution in [0.4, 0.5) is 0 Å². The Hall–Kier alpha value is 3.13. The summed E-state index contributed by atoms with van der Waals surface area (Å²) in [6.45, 7) is 0. The first-order valence-electron chi connectivity index (χ1n) is 0. The van der Waals surface area contributed by atoms with Crippen molar-refractivity contribution >= 4 is 23.1 Å². The van der Waals surface area contributed by atoms with Crippen LogP contribution in [0.1, 0.15) is 2.85 Å². The zero-order valence-corrected chi connectivity index (χ0v) is 11.4. The summed E-state index contributed by atoms with van der Waals surface area (Å²) < 4.78 is 0. The Balaban J connectivity index is 0. The zero-order chi connectivity index (χ0) is 0. The molecule has 4 heteroatoms. The molecule has 0 nitrogen and oxygen atoms in total. The Morgan fingerprint density at radius 3 is 1.25 bits per heavy atom. The normalized spacial score (nSPS) is 0. The quantitative estimate of drug-likeness (QED) is 0.504. The molecule has 0 aromatic rings. The van der Waals surface area contributed by atoms with Crippen LogP contribution in [0.3, 0.4) is 0 Å². The molecule has 18 valence electrons. The van der Waals surface area contributed by atoms with Crippen LogP contribution >= 0.6 is 0 Å². The molecule has 0 saturated carbocycles. The van der Waals surface area contributed by atoms with Crippen molar-refractivity contribution in [2.45, 2.75) is 0 Å². The van der Waals surface area contributed by atoms with Crippen molar-refractivity contribution < 1.29 is 73.8 Å². The predicted octanol–water partition coefficient (Wildman–Crippen LogP) is -0.163. The average molecular weight is 391 g/mol. The van der Waals surface area contributed by atoms with Gasteiger partial charge in [-0.2, -0.15) is 0 Å². The van der Waals surface area contributed by atoms with Gasteiger partial charge in [0.1, 0.15) is 0 Å². The average Bonchev–Trinajstić information content (AvgIpc) is 0. The van der Waals surface area contributed by atoms with Crippen LogP contribution in [0.15, 0.2) is 0 Å². The van der Waals surface area contributed by atoms with Crippen LogP contribution in [-0.4, -0.2) is 23.1 Å². The summed E-state index contributed by atoms with van der Waals surface area (Å²) in [5, 5.41) is 0. The van der Waals surface area contributed by atoms with Crippen molar-refractivity contribution in [3.63, 3.8) is 0 Å². The van der Waals surface area contributed by atoms with Crippen molar-refractivity contribution in [3.05, 3.63) is 0 Å². The maximum absolute atomic E-state index is 0. The van der Waals surface area contributed by atoms with Gasteiger partial charge in [0, 0.05) is 71.0 Å². The SMILES string of the molecule is [H-].[H-].[Mg+2].[Nb].[Ta].[Zr]. The molecule has 0 amide bonds. The largest absolute Gasteiger partial charge is 2.00 e. The van der Waals surface area contributed by atoms with E-state index in [1.165, 1.54) is 0 Å². The van der Waals surface area contributed by atoms with Gasteiger partial charge in [0.15, 0.2) is 0 Å². The fourth-order valence-corrected chi connectivity index (χ4v) is 0. The summed E-state index contributed by atoms with van der Waals surface area (Å²) in [4.78, 5) is 0. The molecule has 0 unspecified atom stereocenters. The van der Waals surface area contributed by atoms with E-state index in [-0.39, 0.29) is 96.9 Å². The molecule has 0 N–H and O–H groups in total. The van der Waals surface area contributed by atoms with Gasteiger partial charge in [-0.1, -0.05) is 0 Å². The van der Waals surface area contributed by atoms with Gasteiger partial charge in [0.2, 0.25) is 0 Å². The molecule has 0 aliphatic heterocycles. The molecule has 0 aliphatic carbocycles. The fraction of sp³-hybridized carbons (Fsp3) is 0. The second-order valence-electron chi connectivity index (χ2n) is 0. The van der Waals surface area contributed by atoms with Gasteiger partial charge in [0.25, 0.3) is 0 Å². The van der Waals surface area contributed by atoms with E-state index >= 15 is 0 Å². The second kappa shape index (κ2) is 16.5. The molecule has 0 aromatic heterocycles. The van der Waals surface area contributed by atoms with Crippen molar-refractivity contribution in [2.75, 3.05) is 0 Å². The minimum absolute atomic E-state index is 0. The number of hydrogen-bond acceptors (Lipinski definition) is 0. The monoisotopic (exact) mass is 390 g/mol. The zero-order valence-electron chi connectivity index (χ0n) is 4.10. The Morgan fingerprint density at radius 2 is 1.25 bits per heavy atom. The van der Waals surface area contributed by atoms with E-state index in [0.29, 0.717) is 0 Å². The van der Waals surface area contributed by atoms with Crippen LogP contribution in [0.25, 0.3) is 0 Å². The molecule has 0 bridgehead atoms. The summed E-state index contributed by atoms with van der Waals surface area (Å²) in [7, 11) is 0. The van der Waals surface area contributed by atoms with Crippen molar-refractivity contribution in [2.24, 2.45) is 0 Å². The van der Waals surface area contributed by atoms with E-state index in [9.17, 15) is 0 Å². The van der Waals surface area contributed by atoms with E-state index in [1.807, 2.05) is 0 Å². The van der Waals surface area contributed by atoms with E-state index in [4.69, 9.17) is 0 Å². The first kappa shape index (κ1) is 27.3. The number of hydrogen-bond donors (Lipinski definition) is 0. The standard InChI is InChI=1S/Mg.Nb.Ta.Zr.2H/q+2;;;;2*-1. The first-order chi connectivity index (χ1) is 0. The third-order valence-corrected chi connectivity index (χ3v) is 0. The minimum Gasteiger partial charge on any atom is -1.00 e. The summed E-state index contributed by atoms with van der Waals surface area (Å²) in [5.74, 6) is 0. The van der Waals surface area contributed by atoms with Crippen molar-refractivity contribution in [1.29, 1.82) is 0 Å². The third kappa shape index (κ3) is 8.93. The third-order valence-electron chi connectivity index (χ3n) is 0. The summed E-state index contributed by atoms with van der Waals surface area (Å²) >= 11 is 0. The Kier molecular flexibility index (Phi) is 113. The van der Waals surface area contributed by atoms with Crippen molar-refractivity contribution in [1.82, 2.24) is 0 Å². The molecular formula is H2MgNbTaZr. The minimum atomic E-state index is 0. The van der Waals surface area contributed by atoms with Gasteiger partial charge >= 0.3 is 23.1 Å². The van der Waals surface area contributed by atoms with Crippen LogP contribution in [-0.2, 0) is 71.0 Å². The van der Waals surface area contributed by atoms with E-state index in [2.05, 4.69) is 0 Å². The topological polar surface area (TPSA) is 0 Å². The van der Waals surface area contributed by atoms with Crippen LogP contribution < -0.4 is 0 Å². The Bertz CT molecular complexity index is 13.5. The molecule has 0 aromatic carbocycles. The van der Waals surface area contributed by atoms with Gasteiger partial charge in [-0.3, -0.25) is 0 Å². The van der Waals surface area contributed by atoms with Gasteiger partial charge in [-0.05, 0) is 0 Å². The van der Waals surface area contributed by atoms with Gasteiger partial charge < -0.3 is 2.85 Å². The van der Waals surface area contributed by atoms with E-state index in [0.717, 1.165) is 0 Å². The van der Waals surface area contributed by atoms with Crippen molar-refractivity contribution in [3.8, 4) is 0 Å². The fourth-order valence-electron chi connectivity index (χ4n) is 0. The molecule has 0 saturated heterocycles. The van der Waals surface area contributed by atoms with Crippen LogP contribution in [0.5, 0.6) is 0 Å². The molecule has 2 radical (unpaired) electrons. The Morgan fingerprint density at radius 1 is 1.25 bits per heavy atom. The van der Waals surface area contributed by atoms with E-state index in [1.54, 1.807) is 0 Å². The molecule has 0 spiro atoms. The maximum Gasteiger partial charge on any atom is 2.00 e.